The first kappa shape index (κ1) is 14.7. The molecule has 5 nitrogen and oxygen atoms in total. The van der Waals surface area contributed by atoms with E-state index < -0.39 is 30.7 Å². The Labute approximate surface area is 89.3 Å². The summed E-state index contributed by atoms with van der Waals surface area (Å²) in [6, 6.07) is 0. The second-order valence-corrected chi connectivity index (χ2v) is 3.11. The molecule has 0 aromatic heterocycles. The van der Waals surface area contributed by atoms with Crippen molar-refractivity contribution in [1.82, 2.24) is 5.32 Å². The average molecular weight is 243 g/mol. The molecular weight excluding hydrogens is 231 g/mol. The van der Waals surface area contributed by atoms with Gasteiger partial charge in [0.05, 0.1) is 6.54 Å². The van der Waals surface area contributed by atoms with Gasteiger partial charge in [-0.3, -0.25) is 9.59 Å². The second kappa shape index (κ2) is 6.31. The maximum Gasteiger partial charge on any atom is 0.416 e. The van der Waals surface area contributed by atoms with Crippen LogP contribution in [0.5, 0.6) is 0 Å². The van der Waals surface area contributed by atoms with Gasteiger partial charge < -0.3 is 15.5 Å². The molecule has 94 valence electrons. The highest BCUT2D eigenvalue weighted by atomic mass is 19.4. The number of aliphatic hydroxyl groups excluding tert-OH is 1. The van der Waals surface area contributed by atoms with Crippen molar-refractivity contribution in [2.24, 2.45) is 0 Å². The van der Waals surface area contributed by atoms with Gasteiger partial charge in [-0.05, 0) is 6.42 Å². The van der Waals surface area contributed by atoms with Crippen LogP contribution < -0.4 is 5.32 Å². The molecule has 1 amide bonds. The van der Waals surface area contributed by atoms with E-state index in [0.717, 1.165) is 0 Å². The zero-order valence-electron chi connectivity index (χ0n) is 8.25. The van der Waals surface area contributed by atoms with Gasteiger partial charge in [-0.1, -0.05) is 0 Å². The maximum atomic E-state index is 11.8. The van der Waals surface area contributed by atoms with Gasteiger partial charge in [0, 0.05) is 12.8 Å². The van der Waals surface area contributed by atoms with Crippen LogP contribution in [0.4, 0.5) is 13.2 Å². The average Bonchev–Trinajstić information content (AvgIpc) is 2.11. The van der Waals surface area contributed by atoms with Crippen molar-refractivity contribution in [3.63, 3.8) is 0 Å². The first-order valence-corrected chi connectivity index (χ1v) is 4.46. The quantitative estimate of drug-likeness (QED) is 0.625. The number of carboxylic acid groups (broad SMARTS) is 1. The number of amides is 1. The molecule has 0 aliphatic carbocycles. The van der Waals surface area contributed by atoms with Crippen LogP contribution in [0, 0.1) is 0 Å². The maximum absolute atomic E-state index is 11.8. The van der Waals surface area contributed by atoms with Gasteiger partial charge in [0.2, 0.25) is 5.91 Å². The minimum absolute atomic E-state index is 0.0449. The summed E-state index contributed by atoms with van der Waals surface area (Å²) in [5.41, 5.74) is 0. The molecule has 8 heteroatoms. The molecule has 1 unspecified atom stereocenters. The number of carbonyl (C=O) groups excluding carboxylic acids is 1. The van der Waals surface area contributed by atoms with E-state index in [0.29, 0.717) is 0 Å². The number of aliphatic hydroxyl groups is 1. The van der Waals surface area contributed by atoms with E-state index in [9.17, 15) is 22.8 Å². The van der Waals surface area contributed by atoms with Crippen molar-refractivity contribution in [3.05, 3.63) is 0 Å². The molecule has 0 aliphatic heterocycles. The van der Waals surface area contributed by atoms with Crippen LogP contribution in [0.3, 0.4) is 0 Å². The predicted octanol–water partition coefficient (Wildman–Crippen LogP) is 0.281. The highest BCUT2D eigenvalue weighted by Crippen LogP contribution is 2.19. The molecule has 0 aromatic rings. The molecule has 0 aliphatic rings. The molecule has 0 saturated heterocycles. The fourth-order valence-corrected chi connectivity index (χ4v) is 0.815. The van der Waals surface area contributed by atoms with Crippen molar-refractivity contribution >= 4 is 11.9 Å². The van der Waals surface area contributed by atoms with Crippen LogP contribution in [-0.2, 0) is 9.59 Å². The molecule has 0 spiro atoms. The number of carbonyl (C=O) groups is 2. The molecule has 0 saturated carbocycles. The van der Waals surface area contributed by atoms with E-state index in [4.69, 9.17) is 10.2 Å². The first-order chi connectivity index (χ1) is 7.23. The lowest BCUT2D eigenvalue weighted by Crippen LogP contribution is -2.40. The minimum atomic E-state index is -4.77. The molecule has 16 heavy (non-hydrogen) atoms. The first-order valence-electron chi connectivity index (χ1n) is 4.46. The smallest absolute Gasteiger partial charge is 0.416 e. The number of halogens is 3. The summed E-state index contributed by atoms with van der Waals surface area (Å²) in [6.07, 6.45) is -7.74. The summed E-state index contributed by atoms with van der Waals surface area (Å²) >= 11 is 0. The Balaban J connectivity index is 3.70. The largest absolute Gasteiger partial charge is 0.481 e. The molecule has 0 heterocycles. The number of nitrogens with one attached hydrogen (secondary N) is 1. The van der Waals surface area contributed by atoms with Gasteiger partial charge in [0.25, 0.3) is 0 Å². The lowest BCUT2D eigenvalue weighted by Gasteiger charge is -2.14. The van der Waals surface area contributed by atoms with Gasteiger partial charge in [0.15, 0.2) is 6.10 Å². The summed E-state index contributed by atoms with van der Waals surface area (Å²) in [4.78, 5) is 20.9. The van der Waals surface area contributed by atoms with Crippen molar-refractivity contribution in [1.29, 1.82) is 0 Å². The molecular formula is C8H12F3NO4. The Morgan fingerprint density at radius 3 is 2.25 bits per heavy atom. The normalized spacial score (nSPS) is 13.2. The number of rotatable bonds is 6. The zero-order chi connectivity index (χ0) is 12.8. The summed E-state index contributed by atoms with van der Waals surface area (Å²) in [5, 5.41) is 18.6. The lowest BCUT2D eigenvalue weighted by atomic mass is 10.2. The number of alkyl halides is 3. The predicted molar refractivity (Wildman–Crippen MR) is 46.6 cm³/mol. The zero-order valence-corrected chi connectivity index (χ0v) is 8.25. The molecule has 0 fully saturated rings. The van der Waals surface area contributed by atoms with Crippen molar-refractivity contribution in [2.45, 2.75) is 31.5 Å². The van der Waals surface area contributed by atoms with Crippen molar-refractivity contribution in [3.8, 4) is 0 Å². The van der Waals surface area contributed by atoms with Gasteiger partial charge >= 0.3 is 12.1 Å². The second-order valence-electron chi connectivity index (χ2n) is 3.11. The molecule has 0 radical (unpaired) electrons. The van der Waals surface area contributed by atoms with Crippen molar-refractivity contribution < 1.29 is 33.0 Å². The fourth-order valence-electron chi connectivity index (χ4n) is 0.815. The highest BCUT2D eigenvalue weighted by Gasteiger charge is 2.38. The summed E-state index contributed by atoms with van der Waals surface area (Å²) in [5.74, 6) is -1.80. The highest BCUT2D eigenvalue weighted by molar-refractivity contribution is 5.76. The third-order valence-electron chi connectivity index (χ3n) is 1.66. The van der Waals surface area contributed by atoms with E-state index in [1.807, 2.05) is 5.32 Å². The van der Waals surface area contributed by atoms with Gasteiger partial charge in [0.1, 0.15) is 0 Å². The SMILES string of the molecule is O=C(O)CCCC(=O)NCC(O)C(F)(F)F. The Hall–Kier alpha value is -1.31. The number of aliphatic carboxylic acids is 1. The Bertz CT molecular complexity index is 254. The number of hydrogen-bond donors (Lipinski definition) is 3. The molecule has 0 rings (SSSR count). The van der Waals surface area contributed by atoms with Crippen LogP contribution in [0.1, 0.15) is 19.3 Å². The van der Waals surface area contributed by atoms with E-state index >= 15 is 0 Å². The van der Waals surface area contributed by atoms with E-state index in [1.54, 1.807) is 0 Å². The molecule has 0 bridgehead atoms. The Kier molecular flexibility index (Phi) is 5.79. The van der Waals surface area contributed by atoms with Crippen LogP contribution in [0.2, 0.25) is 0 Å². The number of hydrogen-bond acceptors (Lipinski definition) is 3. The summed E-state index contributed by atoms with van der Waals surface area (Å²) < 4.78 is 35.3. The Morgan fingerprint density at radius 2 is 1.81 bits per heavy atom. The van der Waals surface area contributed by atoms with Crippen LogP contribution in [-0.4, -0.2) is 40.9 Å². The molecule has 0 aromatic carbocycles. The molecule has 3 N–H and O–H groups in total. The van der Waals surface area contributed by atoms with Crippen LogP contribution >= 0.6 is 0 Å². The minimum Gasteiger partial charge on any atom is -0.481 e. The standard InChI is InChI=1S/C8H12F3NO4/c9-8(10,11)5(13)4-12-6(14)2-1-3-7(15)16/h5,13H,1-4H2,(H,12,14)(H,15,16). The van der Waals surface area contributed by atoms with Gasteiger partial charge in [-0.25, -0.2) is 0 Å². The monoisotopic (exact) mass is 243 g/mol. The van der Waals surface area contributed by atoms with E-state index in [1.165, 1.54) is 0 Å². The third kappa shape index (κ3) is 7.04. The lowest BCUT2D eigenvalue weighted by molar-refractivity contribution is -0.201. The van der Waals surface area contributed by atoms with Crippen LogP contribution in [0.25, 0.3) is 0 Å². The number of carboxylic acids is 1. The topological polar surface area (TPSA) is 86.6 Å². The van der Waals surface area contributed by atoms with Gasteiger partial charge in [-0.2, -0.15) is 13.2 Å². The fraction of sp³-hybridized carbons (Fsp3) is 0.750. The summed E-state index contributed by atoms with van der Waals surface area (Å²) in [7, 11) is 0. The Morgan fingerprint density at radius 1 is 1.25 bits per heavy atom. The summed E-state index contributed by atoms with van der Waals surface area (Å²) in [6.45, 7) is -0.921. The van der Waals surface area contributed by atoms with Crippen molar-refractivity contribution in [2.75, 3.05) is 6.54 Å². The van der Waals surface area contributed by atoms with Gasteiger partial charge in [-0.15, -0.1) is 0 Å². The molecule has 1 atom stereocenters. The third-order valence-corrected chi connectivity index (χ3v) is 1.66. The van der Waals surface area contributed by atoms with Crippen LogP contribution in [0.15, 0.2) is 0 Å². The van der Waals surface area contributed by atoms with E-state index in [-0.39, 0.29) is 19.3 Å². The van der Waals surface area contributed by atoms with E-state index in [2.05, 4.69) is 0 Å².